The summed E-state index contributed by atoms with van der Waals surface area (Å²) >= 11 is 0. The van der Waals surface area contributed by atoms with E-state index in [9.17, 15) is 8.42 Å². The van der Waals surface area contributed by atoms with Crippen molar-refractivity contribution in [3.05, 3.63) is 54.1 Å². The molecule has 0 spiro atoms. The smallest absolute Gasteiger partial charge is 0.177 e. The van der Waals surface area contributed by atoms with E-state index in [1.165, 1.54) is 6.26 Å². The van der Waals surface area contributed by atoms with Crippen molar-refractivity contribution in [2.45, 2.75) is 17.9 Å². The van der Waals surface area contributed by atoms with Crippen molar-refractivity contribution < 1.29 is 8.42 Å². The van der Waals surface area contributed by atoms with Crippen LogP contribution < -0.4 is 11.1 Å². The predicted octanol–water partition coefficient (Wildman–Crippen LogP) is 2.85. The molecule has 4 nitrogen and oxygen atoms in total. The molecule has 2 aromatic rings. The lowest BCUT2D eigenvalue weighted by atomic mass is 10.1. The van der Waals surface area contributed by atoms with Crippen LogP contribution in [-0.4, -0.2) is 14.7 Å². The van der Waals surface area contributed by atoms with Crippen LogP contribution >= 0.6 is 0 Å². The second-order valence-electron chi connectivity index (χ2n) is 4.80. The summed E-state index contributed by atoms with van der Waals surface area (Å²) in [5.41, 5.74) is 8.06. The molecule has 0 radical (unpaired) electrons. The highest BCUT2D eigenvalue weighted by Gasteiger charge is 2.14. The third kappa shape index (κ3) is 3.30. The molecule has 0 bridgehead atoms. The molecule has 106 valence electrons. The zero-order chi connectivity index (χ0) is 14.8. The molecule has 5 heteroatoms. The maximum Gasteiger partial charge on any atom is 0.177 e. The lowest BCUT2D eigenvalue weighted by Crippen LogP contribution is -2.10. The first kappa shape index (κ1) is 14.4. The largest absolute Gasteiger partial charge is 0.399 e. The van der Waals surface area contributed by atoms with Gasteiger partial charge in [0.05, 0.1) is 10.6 Å². The minimum atomic E-state index is -3.26. The van der Waals surface area contributed by atoms with Crippen molar-refractivity contribution in [2.75, 3.05) is 17.3 Å². The van der Waals surface area contributed by atoms with Gasteiger partial charge >= 0.3 is 0 Å². The van der Waals surface area contributed by atoms with E-state index < -0.39 is 9.84 Å². The van der Waals surface area contributed by atoms with E-state index in [2.05, 4.69) is 5.32 Å². The van der Waals surface area contributed by atoms with Crippen LogP contribution in [0, 0.1) is 0 Å². The summed E-state index contributed by atoms with van der Waals surface area (Å²) in [7, 11) is -3.26. The van der Waals surface area contributed by atoms with Gasteiger partial charge in [0, 0.05) is 18.0 Å². The molecule has 0 aliphatic carbocycles. The fourth-order valence-electron chi connectivity index (χ4n) is 2.05. The molecule has 2 rings (SSSR count). The van der Waals surface area contributed by atoms with Crippen LogP contribution in [0.15, 0.2) is 53.4 Å². The normalized spacial score (nSPS) is 12.9. The van der Waals surface area contributed by atoms with Gasteiger partial charge in [-0.2, -0.15) is 0 Å². The molecule has 2 aromatic carbocycles. The zero-order valence-corrected chi connectivity index (χ0v) is 12.3. The van der Waals surface area contributed by atoms with E-state index in [0.717, 1.165) is 5.56 Å². The summed E-state index contributed by atoms with van der Waals surface area (Å²) < 4.78 is 23.5. The number of benzene rings is 2. The van der Waals surface area contributed by atoms with E-state index in [-0.39, 0.29) is 6.04 Å². The Morgan fingerprint density at radius 3 is 2.45 bits per heavy atom. The van der Waals surface area contributed by atoms with E-state index in [1.54, 1.807) is 18.2 Å². The molecule has 0 saturated carbocycles. The number of hydrogen-bond donors (Lipinski definition) is 2. The molecule has 0 heterocycles. The molecule has 3 N–H and O–H groups in total. The van der Waals surface area contributed by atoms with Crippen LogP contribution in [0.3, 0.4) is 0 Å². The minimum Gasteiger partial charge on any atom is -0.399 e. The van der Waals surface area contributed by atoms with E-state index in [4.69, 9.17) is 5.73 Å². The molecule has 0 aromatic heterocycles. The first-order chi connectivity index (χ1) is 9.38. The monoisotopic (exact) mass is 290 g/mol. The molecule has 0 saturated heterocycles. The third-order valence-electron chi connectivity index (χ3n) is 3.07. The minimum absolute atomic E-state index is 0.0404. The standard InChI is InChI=1S/C15H18N2O2S/c1-11(12-6-5-7-13(16)10-12)17-14-8-3-4-9-15(14)20(2,18)19/h3-11,17H,16H2,1-2H3. The number of para-hydroxylation sites is 1. The average Bonchev–Trinajstić information content (AvgIpc) is 2.38. The molecule has 20 heavy (non-hydrogen) atoms. The van der Waals surface area contributed by atoms with Crippen molar-refractivity contribution >= 4 is 21.2 Å². The van der Waals surface area contributed by atoms with Gasteiger partial charge in [-0.15, -0.1) is 0 Å². The number of anilines is 2. The summed E-state index contributed by atoms with van der Waals surface area (Å²) in [5, 5.41) is 3.23. The second kappa shape index (κ2) is 5.54. The van der Waals surface area contributed by atoms with E-state index in [0.29, 0.717) is 16.3 Å². The number of sulfone groups is 1. The van der Waals surface area contributed by atoms with Crippen LogP contribution in [0.4, 0.5) is 11.4 Å². The fourth-order valence-corrected chi connectivity index (χ4v) is 2.91. The average molecular weight is 290 g/mol. The van der Waals surface area contributed by atoms with Gasteiger partial charge in [-0.25, -0.2) is 8.42 Å². The topological polar surface area (TPSA) is 72.2 Å². The van der Waals surface area contributed by atoms with Crippen LogP contribution in [-0.2, 0) is 9.84 Å². The van der Waals surface area contributed by atoms with Gasteiger partial charge in [-0.1, -0.05) is 24.3 Å². The number of nitrogen functional groups attached to an aromatic ring is 1. The number of nitrogens with two attached hydrogens (primary N) is 1. The summed E-state index contributed by atoms with van der Waals surface area (Å²) in [5.74, 6) is 0. The molecule has 0 aliphatic rings. The fraction of sp³-hybridized carbons (Fsp3) is 0.200. The summed E-state index contributed by atoms with van der Waals surface area (Å²) in [6.45, 7) is 1.97. The summed E-state index contributed by atoms with van der Waals surface area (Å²) in [6, 6.07) is 14.4. The Balaban J connectivity index is 2.31. The van der Waals surface area contributed by atoms with Gasteiger partial charge in [0.1, 0.15) is 0 Å². The Morgan fingerprint density at radius 1 is 1.10 bits per heavy atom. The Kier molecular flexibility index (Phi) is 3.99. The van der Waals surface area contributed by atoms with Gasteiger partial charge < -0.3 is 11.1 Å². The van der Waals surface area contributed by atoms with Gasteiger partial charge in [0.25, 0.3) is 0 Å². The number of rotatable bonds is 4. The van der Waals surface area contributed by atoms with Crippen LogP contribution in [0.1, 0.15) is 18.5 Å². The highest BCUT2D eigenvalue weighted by atomic mass is 32.2. The number of nitrogens with one attached hydrogen (secondary N) is 1. The van der Waals surface area contributed by atoms with Crippen molar-refractivity contribution in [3.8, 4) is 0 Å². The first-order valence-electron chi connectivity index (χ1n) is 6.29. The third-order valence-corrected chi connectivity index (χ3v) is 4.22. The highest BCUT2D eigenvalue weighted by molar-refractivity contribution is 7.90. The quantitative estimate of drug-likeness (QED) is 0.849. The predicted molar refractivity (Wildman–Crippen MR) is 82.4 cm³/mol. The van der Waals surface area contributed by atoms with Crippen molar-refractivity contribution in [1.29, 1.82) is 0 Å². The Hall–Kier alpha value is -2.01. The van der Waals surface area contributed by atoms with E-state index >= 15 is 0 Å². The molecular weight excluding hydrogens is 272 g/mol. The van der Waals surface area contributed by atoms with Crippen molar-refractivity contribution in [2.24, 2.45) is 0 Å². The van der Waals surface area contributed by atoms with Crippen LogP contribution in [0.2, 0.25) is 0 Å². The molecule has 1 unspecified atom stereocenters. The lowest BCUT2D eigenvalue weighted by Gasteiger charge is -2.18. The Labute approximate surface area is 119 Å². The van der Waals surface area contributed by atoms with Crippen LogP contribution in [0.25, 0.3) is 0 Å². The Bertz CT molecular complexity index is 711. The molecular formula is C15H18N2O2S. The maximum atomic E-state index is 11.8. The first-order valence-corrected chi connectivity index (χ1v) is 8.18. The SMILES string of the molecule is CC(Nc1ccccc1S(C)(=O)=O)c1cccc(N)c1. The second-order valence-corrected chi connectivity index (χ2v) is 6.79. The molecule has 1 atom stereocenters. The van der Waals surface area contributed by atoms with Crippen LogP contribution in [0.5, 0.6) is 0 Å². The number of hydrogen-bond acceptors (Lipinski definition) is 4. The van der Waals surface area contributed by atoms with Gasteiger partial charge in [-0.3, -0.25) is 0 Å². The zero-order valence-electron chi connectivity index (χ0n) is 11.5. The highest BCUT2D eigenvalue weighted by Crippen LogP contribution is 2.26. The summed E-state index contributed by atoms with van der Waals surface area (Å²) in [4.78, 5) is 0.302. The maximum absolute atomic E-state index is 11.8. The summed E-state index contributed by atoms with van der Waals surface area (Å²) in [6.07, 6.45) is 1.21. The Morgan fingerprint density at radius 2 is 1.80 bits per heavy atom. The molecule has 0 fully saturated rings. The van der Waals surface area contributed by atoms with Gasteiger partial charge in [-0.05, 0) is 36.8 Å². The molecule has 0 amide bonds. The van der Waals surface area contributed by atoms with E-state index in [1.807, 2.05) is 37.3 Å². The van der Waals surface area contributed by atoms with Gasteiger partial charge in [0.2, 0.25) is 0 Å². The van der Waals surface area contributed by atoms with Gasteiger partial charge in [0.15, 0.2) is 9.84 Å². The van der Waals surface area contributed by atoms with Crippen molar-refractivity contribution in [1.82, 2.24) is 0 Å². The lowest BCUT2D eigenvalue weighted by molar-refractivity contribution is 0.602. The molecule has 0 aliphatic heterocycles. The van der Waals surface area contributed by atoms with Crippen molar-refractivity contribution in [3.63, 3.8) is 0 Å².